The molecule has 3 aromatic rings. The first-order chi connectivity index (χ1) is 12.7. The predicted molar refractivity (Wildman–Crippen MR) is 95.2 cm³/mol. The number of aryl methyl sites for hydroxylation is 1. The van der Waals surface area contributed by atoms with Gasteiger partial charge in [-0.15, -0.1) is 5.10 Å². The number of carbonyl (C=O) groups is 1. The molecule has 0 aliphatic carbocycles. The zero-order valence-electron chi connectivity index (χ0n) is 14.5. The van der Waals surface area contributed by atoms with Crippen LogP contribution in [0.3, 0.4) is 0 Å². The van der Waals surface area contributed by atoms with Crippen molar-refractivity contribution in [2.24, 2.45) is 0 Å². The SMILES string of the molecule is Cc1nccn1-c1ncccc1NC(=O)c1cn(C2CCNCC2)nn1. The quantitative estimate of drug-likeness (QED) is 0.735. The number of hydrogen-bond donors (Lipinski definition) is 2. The summed E-state index contributed by atoms with van der Waals surface area (Å²) in [4.78, 5) is 21.2. The lowest BCUT2D eigenvalue weighted by atomic mass is 10.1. The molecule has 0 atom stereocenters. The average Bonchev–Trinajstić information content (AvgIpc) is 3.32. The smallest absolute Gasteiger partial charge is 0.277 e. The molecule has 0 unspecified atom stereocenters. The Kier molecular flexibility index (Phi) is 4.44. The van der Waals surface area contributed by atoms with Crippen LogP contribution in [-0.4, -0.2) is 48.5 Å². The van der Waals surface area contributed by atoms with Crippen LogP contribution in [-0.2, 0) is 0 Å². The number of aromatic nitrogens is 6. The van der Waals surface area contributed by atoms with Gasteiger partial charge in [-0.1, -0.05) is 5.21 Å². The lowest BCUT2D eigenvalue weighted by molar-refractivity contribution is 0.102. The first kappa shape index (κ1) is 16.4. The number of imidazole rings is 1. The highest BCUT2D eigenvalue weighted by atomic mass is 16.2. The van der Waals surface area contributed by atoms with Crippen molar-refractivity contribution >= 4 is 11.6 Å². The van der Waals surface area contributed by atoms with Crippen LogP contribution in [0.5, 0.6) is 0 Å². The van der Waals surface area contributed by atoms with Gasteiger partial charge < -0.3 is 10.6 Å². The zero-order valence-corrected chi connectivity index (χ0v) is 14.5. The van der Waals surface area contributed by atoms with Gasteiger partial charge in [0, 0.05) is 18.6 Å². The van der Waals surface area contributed by atoms with E-state index in [-0.39, 0.29) is 11.9 Å². The van der Waals surface area contributed by atoms with Crippen LogP contribution >= 0.6 is 0 Å². The van der Waals surface area contributed by atoms with Crippen LogP contribution in [0.4, 0.5) is 5.69 Å². The highest BCUT2D eigenvalue weighted by Crippen LogP contribution is 2.20. The van der Waals surface area contributed by atoms with Crippen molar-refractivity contribution in [3.63, 3.8) is 0 Å². The van der Waals surface area contributed by atoms with E-state index in [9.17, 15) is 4.79 Å². The van der Waals surface area contributed by atoms with Crippen LogP contribution in [0.2, 0.25) is 0 Å². The molecule has 134 valence electrons. The Morgan fingerprint density at radius 1 is 1.27 bits per heavy atom. The Morgan fingerprint density at radius 3 is 2.88 bits per heavy atom. The van der Waals surface area contributed by atoms with Gasteiger partial charge in [0.2, 0.25) is 0 Å². The normalized spacial score (nSPS) is 15.1. The fraction of sp³-hybridized carbons (Fsp3) is 0.353. The maximum absolute atomic E-state index is 12.6. The number of nitrogens with zero attached hydrogens (tertiary/aromatic N) is 6. The minimum atomic E-state index is -0.308. The molecule has 4 rings (SSSR count). The summed E-state index contributed by atoms with van der Waals surface area (Å²) in [6.07, 6.45) is 8.86. The number of rotatable bonds is 4. The van der Waals surface area contributed by atoms with Crippen LogP contribution < -0.4 is 10.6 Å². The lowest BCUT2D eigenvalue weighted by Crippen LogP contribution is -2.29. The number of hydrogen-bond acceptors (Lipinski definition) is 6. The summed E-state index contributed by atoms with van der Waals surface area (Å²) in [7, 11) is 0. The van der Waals surface area contributed by atoms with E-state index in [4.69, 9.17) is 0 Å². The summed E-state index contributed by atoms with van der Waals surface area (Å²) < 4.78 is 3.61. The van der Waals surface area contributed by atoms with Gasteiger partial charge in [0.1, 0.15) is 5.82 Å². The minimum Gasteiger partial charge on any atom is -0.317 e. The molecule has 0 bridgehead atoms. The second kappa shape index (κ2) is 7.04. The van der Waals surface area contributed by atoms with Crippen molar-refractivity contribution in [3.05, 3.63) is 48.4 Å². The topological polar surface area (TPSA) is 103 Å². The molecule has 1 fully saturated rings. The minimum absolute atomic E-state index is 0.285. The van der Waals surface area contributed by atoms with Crippen molar-refractivity contribution in [3.8, 4) is 5.82 Å². The van der Waals surface area contributed by atoms with Crippen LogP contribution in [0.1, 0.15) is 35.2 Å². The summed E-state index contributed by atoms with van der Waals surface area (Å²) in [5.74, 6) is 1.09. The highest BCUT2D eigenvalue weighted by molar-refractivity contribution is 6.03. The van der Waals surface area contributed by atoms with Crippen molar-refractivity contribution in [1.82, 2.24) is 34.8 Å². The van der Waals surface area contributed by atoms with Crippen LogP contribution in [0.15, 0.2) is 36.9 Å². The fourth-order valence-electron chi connectivity index (χ4n) is 3.11. The van der Waals surface area contributed by atoms with Gasteiger partial charge in [-0.3, -0.25) is 9.36 Å². The van der Waals surface area contributed by atoms with Gasteiger partial charge in [-0.25, -0.2) is 14.6 Å². The Morgan fingerprint density at radius 2 is 2.12 bits per heavy atom. The number of amides is 1. The van der Waals surface area contributed by atoms with Crippen molar-refractivity contribution < 1.29 is 4.79 Å². The second-order valence-corrected chi connectivity index (χ2v) is 6.24. The highest BCUT2D eigenvalue weighted by Gasteiger charge is 2.19. The van der Waals surface area contributed by atoms with E-state index in [1.54, 1.807) is 41.6 Å². The third-order valence-corrected chi connectivity index (χ3v) is 4.51. The second-order valence-electron chi connectivity index (χ2n) is 6.24. The van der Waals surface area contributed by atoms with Crippen LogP contribution in [0.25, 0.3) is 5.82 Å². The molecule has 3 aromatic heterocycles. The summed E-state index contributed by atoms with van der Waals surface area (Å²) in [5.41, 5.74) is 0.885. The first-order valence-electron chi connectivity index (χ1n) is 8.61. The maximum Gasteiger partial charge on any atom is 0.277 e. The van der Waals surface area contributed by atoms with E-state index in [2.05, 4.69) is 30.9 Å². The van der Waals surface area contributed by atoms with Crippen molar-refractivity contribution in [1.29, 1.82) is 0 Å². The average molecular weight is 352 g/mol. The molecular formula is C17H20N8O. The van der Waals surface area contributed by atoms with Crippen molar-refractivity contribution in [2.45, 2.75) is 25.8 Å². The number of piperidine rings is 1. The largest absolute Gasteiger partial charge is 0.317 e. The number of anilines is 1. The Bertz CT molecular complexity index is 909. The van der Waals surface area contributed by atoms with Crippen molar-refractivity contribution in [2.75, 3.05) is 18.4 Å². The molecule has 1 aliphatic rings. The lowest BCUT2D eigenvalue weighted by Gasteiger charge is -2.22. The maximum atomic E-state index is 12.6. The monoisotopic (exact) mass is 352 g/mol. The van der Waals surface area contributed by atoms with Gasteiger partial charge >= 0.3 is 0 Å². The molecule has 9 nitrogen and oxygen atoms in total. The number of nitrogens with one attached hydrogen (secondary N) is 2. The number of pyridine rings is 1. The Hall–Kier alpha value is -3.07. The molecule has 26 heavy (non-hydrogen) atoms. The van der Waals surface area contributed by atoms with Crippen LogP contribution in [0, 0.1) is 6.92 Å². The molecule has 1 aliphatic heterocycles. The Labute approximate surface area is 150 Å². The van der Waals surface area contributed by atoms with E-state index < -0.39 is 0 Å². The Balaban J connectivity index is 1.54. The van der Waals surface area contributed by atoms with E-state index in [1.807, 2.05) is 11.5 Å². The number of carbonyl (C=O) groups excluding carboxylic acids is 1. The molecule has 4 heterocycles. The summed E-state index contributed by atoms with van der Waals surface area (Å²) in [6.45, 7) is 3.79. The molecular weight excluding hydrogens is 332 g/mol. The van der Waals surface area contributed by atoms with Gasteiger partial charge in [-0.05, 0) is 45.0 Å². The van der Waals surface area contributed by atoms with Gasteiger partial charge in [0.05, 0.1) is 17.9 Å². The van der Waals surface area contributed by atoms with E-state index in [1.165, 1.54) is 0 Å². The molecule has 2 N–H and O–H groups in total. The standard InChI is InChI=1S/C17H20N8O/c1-12-19-9-10-24(12)16-14(3-2-6-20-16)21-17(26)15-11-25(23-22-15)13-4-7-18-8-5-13/h2-3,6,9-11,13,18H,4-5,7-8H2,1H3,(H,21,26). The summed E-state index contributed by atoms with van der Waals surface area (Å²) >= 11 is 0. The zero-order chi connectivity index (χ0) is 17.9. The molecule has 1 amide bonds. The molecule has 1 saturated heterocycles. The third-order valence-electron chi connectivity index (χ3n) is 4.51. The van der Waals surface area contributed by atoms with Gasteiger partial charge in [0.25, 0.3) is 5.91 Å². The summed E-state index contributed by atoms with van der Waals surface area (Å²) in [5, 5.41) is 14.4. The molecule has 0 radical (unpaired) electrons. The first-order valence-corrected chi connectivity index (χ1v) is 8.61. The molecule has 0 spiro atoms. The summed E-state index contributed by atoms with van der Waals surface area (Å²) in [6, 6.07) is 3.86. The van der Waals surface area contributed by atoms with E-state index >= 15 is 0 Å². The predicted octanol–water partition coefficient (Wildman–Crippen LogP) is 1.34. The molecule has 9 heteroatoms. The third kappa shape index (κ3) is 3.21. The van der Waals surface area contributed by atoms with E-state index in [0.29, 0.717) is 17.2 Å². The fourth-order valence-corrected chi connectivity index (χ4v) is 3.11. The van der Waals surface area contributed by atoms with E-state index in [0.717, 1.165) is 31.8 Å². The molecule has 0 aromatic carbocycles. The van der Waals surface area contributed by atoms with Gasteiger partial charge in [-0.2, -0.15) is 0 Å². The van der Waals surface area contributed by atoms with Gasteiger partial charge in [0.15, 0.2) is 11.5 Å². The molecule has 0 saturated carbocycles.